The van der Waals surface area contributed by atoms with Gasteiger partial charge >= 0.3 is 5.97 Å². The Kier molecular flexibility index (Phi) is 8.34. The fourth-order valence-corrected chi connectivity index (χ4v) is 5.54. The Balaban J connectivity index is 1.34. The number of halogens is 1. The number of carboxylic acid groups (broad SMARTS) is 1. The average Bonchev–Trinajstić information content (AvgIpc) is 2.87. The minimum atomic E-state index is -1.18. The molecular formula is C26H30FN3O3S. The monoisotopic (exact) mass is 483 g/mol. The highest BCUT2D eigenvalue weighted by Crippen LogP contribution is 2.35. The second kappa shape index (κ2) is 11.6. The molecule has 0 saturated carbocycles. The molecule has 0 aliphatic carbocycles. The lowest BCUT2D eigenvalue weighted by molar-refractivity contribution is -0.146. The molecule has 1 saturated heterocycles. The van der Waals surface area contributed by atoms with Crippen molar-refractivity contribution < 1.29 is 19.0 Å². The minimum absolute atomic E-state index is 0.0296. The highest BCUT2D eigenvalue weighted by atomic mass is 32.2. The molecular weight excluding hydrogens is 453 g/mol. The number of aromatic nitrogens is 2. The van der Waals surface area contributed by atoms with E-state index in [-0.39, 0.29) is 5.92 Å². The summed E-state index contributed by atoms with van der Waals surface area (Å²) in [5.41, 5.74) is 1.31. The van der Waals surface area contributed by atoms with Crippen LogP contribution in [0.15, 0.2) is 59.9 Å². The summed E-state index contributed by atoms with van der Waals surface area (Å²) >= 11 is 1.68. The molecule has 4 rings (SSSR count). The van der Waals surface area contributed by atoms with E-state index in [9.17, 15) is 9.90 Å². The highest BCUT2D eigenvalue weighted by Gasteiger charge is 2.34. The molecule has 1 fully saturated rings. The van der Waals surface area contributed by atoms with Crippen LogP contribution in [0.2, 0.25) is 0 Å². The summed E-state index contributed by atoms with van der Waals surface area (Å²) in [6, 6.07) is 13.0. The standard InChI is InChI=1S/C26H30FN3O3S/c1-33-19-6-8-24-21(16-19)20(9-12-28-24)23(27)7-5-18-10-13-30(17-22(18)26(31)32)14-15-34-25-4-2-3-11-29-25/h2-4,6,8-9,11-12,16,18,22-23H,5,7,10,13-15,17H2,1H3,(H,31,32)/t18-,22+,23?/m1/s1. The van der Waals surface area contributed by atoms with Crippen LogP contribution in [0, 0.1) is 11.8 Å². The van der Waals surface area contributed by atoms with Gasteiger partial charge in [0.25, 0.3) is 0 Å². The van der Waals surface area contributed by atoms with E-state index in [1.165, 1.54) is 0 Å². The number of ether oxygens (including phenoxy) is 1. The molecule has 8 heteroatoms. The SMILES string of the molecule is COc1ccc2nccc(C(F)CC[C@@H]3CCN(CCSc4ccccn4)C[C@@H]3C(=O)O)c2c1. The van der Waals surface area contributed by atoms with E-state index < -0.39 is 18.1 Å². The van der Waals surface area contributed by atoms with E-state index in [0.717, 1.165) is 41.2 Å². The number of methoxy groups -OCH3 is 1. The number of likely N-dealkylation sites (tertiary alicyclic amines) is 1. The number of benzene rings is 1. The van der Waals surface area contributed by atoms with Gasteiger partial charge in [0.05, 0.1) is 23.6 Å². The van der Waals surface area contributed by atoms with E-state index in [2.05, 4.69) is 14.9 Å². The van der Waals surface area contributed by atoms with Crippen LogP contribution in [-0.4, -0.2) is 58.4 Å². The predicted molar refractivity (Wildman–Crippen MR) is 132 cm³/mol. The Labute approximate surface area is 203 Å². The van der Waals surface area contributed by atoms with Crippen LogP contribution >= 0.6 is 11.8 Å². The van der Waals surface area contributed by atoms with E-state index >= 15 is 4.39 Å². The highest BCUT2D eigenvalue weighted by molar-refractivity contribution is 7.99. The van der Waals surface area contributed by atoms with Crippen molar-refractivity contribution in [3.63, 3.8) is 0 Å². The number of hydrogen-bond donors (Lipinski definition) is 1. The number of nitrogens with zero attached hydrogens (tertiary/aromatic N) is 3. The van der Waals surface area contributed by atoms with Gasteiger partial charge in [-0.3, -0.25) is 9.78 Å². The number of fused-ring (bicyclic) bond motifs is 1. The third-order valence-corrected chi connectivity index (χ3v) is 7.49. The number of carboxylic acids is 1. The maximum absolute atomic E-state index is 15.4. The van der Waals surface area contributed by atoms with Crippen LogP contribution in [-0.2, 0) is 4.79 Å². The first kappa shape index (κ1) is 24.4. The molecule has 1 aromatic carbocycles. The van der Waals surface area contributed by atoms with Crippen LogP contribution in [0.1, 0.15) is 31.0 Å². The van der Waals surface area contributed by atoms with Crippen molar-refractivity contribution in [2.45, 2.75) is 30.5 Å². The van der Waals surface area contributed by atoms with Gasteiger partial charge in [-0.15, -0.1) is 11.8 Å². The number of carbonyl (C=O) groups is 1. The zero-order chi connectivity index (χ0) is 23.9. The van der Waals surface area contributed by atoms with Crippen molar-refractivity contribution in [3.05, 3.63) is 60.4 Å². The normalized spacial score (nSPS) is 19.7. The van der Waals surface area contributed by atoms with Crippen molar-refractivity contribution in [3.8, 4) is 5.75 Å². The molecule has 0 amide bonds. The smallest absolute Gasteiger partial charge is 0.308 e. The number of aliphatic carboxylic acids is 1. The lowest BCUT2D eigenvalue weighted by atomic mass is 9.81. The van der Waals surface area contributed by atoms with Crippen LogP contribution in [0.4, 0.5) is 4.39 Å². The van der Waals surface area contributed by atoms with Crippen molar-refractivity contribution in [2.24, 2.45) is 11.8 Å². The van der Waals surface area contributed by atoms with Crippen LogP contribution in [0.3, 0.4) is 0 Å². The summed E-state index contributed by atoms with van der Waals surface area (Å²) in [6.07, 6.45) is 3.82. The largest absolute Gasteiger partial charge is 0.497 e. The van der Waals surface area contributed by atoms with Gasteiger partial charge in [0.15, 0.2) is 0 Å². The summed E-state index contributed by atoms with van der Waals surface area (Å²) in [4.78, 5) is 22.9. The van der Waals surface area contributed by atoms with E-state index in [4.69, 9.17) is 4.74 Å². The lowest BCUT2D eigenvalue weighted by Crippen LogP contribution is -2.44. The first-order valence-corrected chi connectivity index (χ1v) is 12.6. The van der Waals surface area contributed by atoms with Gasteiger partial charge in [-0.05, 0) is 73.7 Å². The summed E-state index contributed by atoms with van der Waals surface area (Å²) in [7, 11) is 1.58. The second-order valence-corrected chi connectivity index (χ2v) is 9.75. The van der Waals surface area contributed by atoms with Gasteiger partial charge in [-0.25, -0.2) is 9.37 Å². The molecule has 0 bridgehead atoms. The van der Waals surface area contributed by atoms with E-state index in [0.29, 0.717) is 30.7 Å². The van der Waals surface area contributed by atoms with Gasteiger partial charge in [-0.1, -0.05) is 6.07 Å². The van der Waals surface area contributed by atoms with Crippen molar-refractivity contribution in [1.29, 1.82) is 0 Å². The number of pyridine rings is 2. The number of rotatable bonds is 10. The van der Waals surface area contributed by atoms with Crippen LogP contribution in [0.5, 0.6) is 5.75 Å². The fourth-order valence-electron chi connectivity index (χ4n) is 4.67. The summed E-state index contributed by atoms with van der Waals surface area (Å²) in [6.45, 7) is 2.16. The number of piperidine rings is 1. The number of thioether (sulfide) groups is 1. The molecule has 2 aromatic heterocycles. The Hall–Kier alpha value is -2.71. The Bertz CT molecular complexity index is 1100. The molecule has 1 unspecified atom stereocenters. The fraction of sp³-hybridized carbons (Fsp3) is 0.423. The first-order valence-electron chi connectivity index (χ1n) is 11.6. The molecule has 34 heavy (non-hydrogen) atoms. The molecule has 3 atom stereocenters. The maximum atomic E-state index is 15.4. The minimum Gasteiger partial charge on any atom is -0.497 e. The molecule has 1 aliphatic heterocycles. The summed E-state index contributed by atoms with van der Waals surface area (Å²) in [5.74, 6) is 0.224. The maximum Gasteiger partial charge on any atom is 0.308 e. The lowest BCUT2D eigenvalue weighted by Gasteiger charge is -2.36. The van der Waals surface area contributed by atoms with Gasteiger partial charge < -0.3 is 14.7 Å². The topological polar surface area (TPSA) is 75.5 Å². The van der Waals surface area contributed by atoms with Gasteiger partial charge in [0.1, 0.15) is 11.9 Å². The first-order chi connectivity index (χ1) is 16.5. The third-order valence-electron chi connectivity index (χ3n) is 6.56. The summed E-state index contributed by atoms with van der Waals surface area (Å²) in [5, 5.41) is 11.6. The zero-order valence-electron chi connectivity index (χ0n) is 19.3. The van der Waals surface area contributed by atoms with E-state index in [1.807, 2.05) is 36.4 Å². The number of alkyl halides is 1. The quantitative estimate of drug-likeness (QED) is 0.395. The Morgan fingerprint density at radius 1 is 1.26 bits per heavy atom. The van der Waals surface area contributed by atoms with Crippen LogP contribution < -0.4 is 4.74 Å². The molecule has 0 spiro atoms. The number of hydrogen-bond acceptors (Lipinski definition) is 6. The third kappa shape index (κ3) is 6.04. The predicted octanol–water partition coefficient (Wildman–Crippen LogP) is 5.24. The van der Waals surface area contributed by atoms with Crippen molar-refractivity contribution in [2.75, 3.05) is 32.5 Å². The van der Waals surface area contributed by atoms with Crippen molar-refractivity contribution >= 4 is 28.6 Å². The van der Waals surface area contributed by atoms with Crippen LogP contribution in [0.25, 0.3) is 10.9 Å². The molecule has 1 N–H and O–H groups in total. The van der Waals surface area contributed by atoms with Gasteiger partial charge in [0.2, 0.25) is 0 Å². The molecule has 180 valence electrons. The second-order valence-electron chi connectivity index (χ2n) is 8.64. The van der Waals surface area contributed by atoms with Gasteiger partial charge in [-0.2, -0.15) is 0 Å². The molecule has 6 nitrogen and oxygen atoms in total. The molecule has 3 heterocycles. The molecule has 3 aromatic rings. The Morgan fingerprint density at radius 3 is 2.91 bits per heavy atom. The summed E-state index contributed by atoms with van der Waals surface area (Å²) < 4.78 is 20.6. The van der Waals surface area contributed by atoms with Gasteiger partial charge in [0, 0.05) is 36.6 Å². The van der Waals surface area contributed by atoms with Crippen molar-refractivity contribution in [1.82, 2.24) is 14.9 Å². The molecule has 1 aliphatic rings. The van der Waals surface area contributed by atoms with E-state index in [1.54, 1.807) is 37.3 Å². The Morgan fingerprint density at radius 2 is 2.15 bits per heavy atom. The molecule has 0 radical (unpaired) electrons. The zero-order valence-corrected chi connectivity index (χ0v) is 20.1. The average molecular weight is 484 g/mol.